The Balaban J connectivity index is 1.87. The molecule has 0 spiro atoms. The fourth-order valence-corrected chi connectivity index (χ4v) is 2.55. The lowest BCUT2D eigenvalue weighted by Crippen LogP contribution is -2.26. The Hall–Kier alpha value is -2.10. The van der Waals surface area contributed by atoms with Gasteiger partial charge in [-0.05, 0) is 26.2 Å². The van der Waals surface area contributed by atoms with Gasteiger partial charge in [0.2, 0.25) is 0 Å². The van der Waals surface area contributed by atoms with Gasteiger partial charge in [0.05, 0.1) is 0 Å². The van der Waals surface area contributed by atoms with Crippen LogP contribution in [-0.2, 0) is 9.63 Å². The summed E-state index contributed by atoms with van der Waals surface area (Å²) in [6, 6.07) is 7.97. The number of nitrogens with zero attached hydrogens (tertiary/aromatic N) is 2. The zero-order chi connectivity index (χ0) is 13.9. The van der Waals surface area contributed by atoms with Crippen molar-refractivity contribution in [2.45, 2.75) is 26.2 Å². The predicted molar refractivity (Wildman–Crippen MR) is 77.3 cm³/mol. The molecular weight excluding hydrogens is 252 g/mol. The van der Waals surface area contributed by atoms with Crippen molar-refractivity contribution in [1.29, 1.82) is 0 Å². The Morgan fingerprint density at radius 1 is 1.15 bits per heavy atom. The van der Waals surface area contributed by atoms with Gasteiger partial charge in [0, 0.05) is 24.9 Å². The number of likely N-dealkylation sites (tertiary alicyclic amines) is 1. The van der Waals surface area contributed by atoms with Crippen molar-refractivity contribution in [2.75, 3.05) is 13.1 Å². The molecule has 0 bridgehead atoms. The molecule has 3 rings (SSSR count). The van der Waals surface area contributed by atoms with E-state index in [1.54, 1.807) is 0 Å². The van der Waals surface area contributed by atoms with Gasteiger partial charge >= 0.3 is 5.97 Å². The molecular formula is C16H18N2O2. The predicted octanol–water partition coefficient (Wildman–Crippen LogP) is 2.63. The fraction of sp³-hybridized carbons (Fsp3) is 0.375. The summed E-state index contributed by atoms with van der Waals surface area (Å²) in [5.74, 6) is -0.355. The van der Waals surface area contributed by atoms with Crippen molar-refractivity contribution in [2.24, 2.45) is 5.16 Å². The normalized spacial score (nSPS) is 21.1. The molecule has 1 aromatic carbocycles. The van der Waals surface area contributed by atoms with Gasteiger partial charge in [0.1, 0.15) is 11.3 Å². The Bertz CT molecular complexity index is 567. The van der Waals surface area contributed by atoms with Crippen molar-refractivity contribution in [3.63, 3.8) is 0 Å². The van der Waals surface area contributed by atoms with Crippen molar-refractivity contribution in [3.05, 3.63) is 47.2 Å². The van der Waals surface area contributed by atoms with E-state index >= 15 is 0 Å². The largest absolute Gasteiger partial charge is 0.377 e. The summed E-state index contributed by atoms with van der Waals surface area (Å²) in [6.07, 6.45) is 5.53. The van der Waals surface area contributed by atoms with E-state index in [0.29, 0.717) is 11.3 Å². The monoisotopic (exact) mass is 270 g/mol. The number of hydrogen-bond donors (Lipinski definition) is 0. The van der Waals surface area contributed by atoms with Crippen LogP contribution >= 0.6 is 0 Å². The molecule has 0 atom stereocenters. The first-order chi connectivity index (χ1) is 9.74. The number of carbonyl (C=O) groups is 1. The van der Waals surface area contributed by atoms with E-state index in [9.17, 15) is 4.79 Å². The number of hydrogen-bond acceptors (Lipinski definition) is 4. The summed E-state index contributed by atoms with van der Waals surface area (Å²) in [4.78, 5) is 18.9. The highest BCUT2D eigenvalue weighted by Gasteiger charge is 2.27. The lowest BCUT2D eigenvalue weighted by Gasteiger charge is -2.25. The van der Waals surface area contributed by atoms with Crippen molar-refractivity contribution in [1.82, 2.24) is 4.90 Å². The van der Waals surface area contributed by atoms with E-state index in [4.69, 9.17) is 4.84 Å². The minimum Gasteiger partial charge on any atom is -0.377 e. The molecule has 2 heterocycles. The van der Waals surface area contributed by atoms with Gasteiger partial charge in [-0.15, -0.1) is 0 Å². The summed E-state index contributed by atoms with van der Waals surface area (Å²) in [7, 11) is 0. The second-order valence-electron chi connectivity index (χ2n) is 5.32. The van der Waals surface area contributed by atoms with Gasteiger partial charge in [-0.25, -0.2) is 4.79 Å². The van der Waals surface area contributed by atoms with Crippen LogP contribution in [0.4, 0.5) is 0 Å². The highest BCUT2D eigenvalue weighted by atomic mass is 16.7. The van der Waals surface area contributed by atoms with Gasteiger partial charge in [-0.1, -0.05) is 35.0 Å². The lowest BCUT2D eigenvalue weighted by atomic mass is 10.0. The smallest absolute Gasteiger partial charge is 0.369 e. The maximum atomic E-state index is 11.9. The molecule has 4 nitrogen and oxygen atoms in total. The van der Waals surface area contributed by atoms with Crippen molar-refractivity contribution < 1.29 is 9.63 Å². The zero-order valence-electron chi connectivity index (χ0n) is 11.6. The van der Waals surface area contributed by atoms with E-state index < -0.39 is 0 Å². The first kappa shape index (κ1) is 12.9. The number of piperidine rings is 1. The molecule has 2 aliphatic heterocycles. The minimum atomic E-state index is -0.355. The fourth-order valence-electron chi connectivity index (χ4n) is 2.55. The molecule has 0 unspecified atom stereocenters. The molecule has 0 radical (unpaired) electrons. The number of rotatable bonds is 2. The molecule has 0 amide bonds. The standard InChI is InChI=1S/C16H18N2O2/c1-12-5-7-13(8-6-12)15-14(16(19)20-17-15)11-18-9-3-2-4-10-18/h5-8,11H,2-4,9-10H2,1H3. The molecule has 1 saturated heterocycles. The molecule has 0 aromatic heterocycles. The van der Waals surface area contributed by atoms with Crippen molar-refractivity contribution in [3.8, 4) is 0 Å². The maximum Gasteiger partial charge on any atom is 0.369 e. The van der Waals surface area contributed by atoms with Crippen LogP contribution < -0.4 is 0 Å². The topological polar surface area (TPSA) is 41.9 Å². The van der Waals surface area contributed by atoms with E-state index in [1.165, 1.54) is 24.8 Å². The zero-order valence-corrected chi connectivity index (χ0v) is 11.6. The number of carbonyl (C=O) groups excluding carboxylic acids is 1. The Kier molecular flexibility index (Phi) is 3.54. The average molecular weight is 270 g/mol. The molecule has 0 aliphatic carbocycles. The van der Waals surface area contributed by atoms with E-state index in [2.05, 4.69) is 10.1 Å². The molecule has 1 fully saturated rings. The van der Waals surface area contributed by atoms with E-state index in [-0.39, 0.29) is 5.97 Å². The third-order valence-electron chi connectivity index (χ3n) is 3.72. The summed E-state index contributed by atoms with van der Waals surface area (Å²) < 4.78 is 0. The van der Waals surface area contributed by atoms with Crippen LogP contribution in [-0.4, -0.2) is 29.7 Å². The summed E-state index contributed by atoms with van der Waals surface area (Å²) in [5, 5.41) is 3.94. The third kappa shape index (κ3) is 2.59. The van der Waals surface area contributed by atoms with Gasteiger partial charge in [0.25, 0.3) is 0 Å². The number of oxime groups is 1. The lowest BCUT2D eigenvalue weighted by molar-refractivity contribution is -0.136. The Morgan fingerprint density at radius 2 is 1.85 bits per heavy atom. The second-order valence-corrected chi connectivity index (χ2v) is 5.32. The van der Waals surface area contributed by atoms with Crippen LogP contribution in [0.5, 0.6) is 0 Å². The first-order valence-electron chi connectivity index (χ1n) is 7.07. The molecule has 104 valence electrons. The SMILES string of the molecule is Cc1ccc(C2=NOC(=O)C2=CN2CCCCC2)cc1. The summed E-state index contributed by atoms with van der Waals surface area (Å²) in [6.45, 7) is 4.03. The Morgan fingerprint density at radius 3 is 2.55 bits per heavy atom. The van der Waals surface area contributed by atoms with Gasteiger partial charge in [-0.2, -0.15) is 0 Å². The van der Waals surface area contributed by atoms with Crippen LogP contribution in [0.15, 0.2) is 41.2 Å². The molecule has 2 aliphatic rings. The minimum absolute atomic E-state index is 0.355. The highest BCUT2D eigenvalue weighted by Crippen LogP contribution is 2.20. The third-order valence-corrected chi connectivity index (χ3v) is 3.72. The van der Waals surface area contributed by atoms with Gasteiger partial charge in [0.15, 0.2) is 0 Å². The number of benzene rings is 1. The highest BCUT2D eigenvalue weighted by molar-refractivity contribution is 6.28. The first-order valence-corrected chi connectivity index (χ1v) is 7.07. The van der Waals surface area contributed by atoms with Crippen LogP contribution in [0.3, 0.4) is 0 Å². The van der Waals surface area contributed by atoms with Crippen molar-refractivity contribution >= 4 is 11.7 Å². The maximum absolute atomic E-state index is 11.9. The van der Waals surface area contributed by atoms with Gasteiger partial charge in [-0.3, -0.25) is 0 Å². The van der Waals surface area contributed by atoms with Gasteiger partial charge < -0.3 is 9.74 Å². The number of aryl methyl sites for hydroxylation is 1. The van der Waals surface area contributed by atoms with E-state index in [1.807, 2.05) is 37.4 Å². The van der Waals surface area contributed by atoms with Crippen LogP contribution in [0.25, 0.3) is 0 Å². The molecule has 4 heteroatoms. The van der Waals surface area contributed by atoms with Crippen LogP contribution in [0.1, 0.15) is 30.4 Å². The summed E-state index contributed by atoms with van der Waals surface area (Å²) >= 11 is 0. The average Bonchev–Trinajstić information content (AvgIpc) is 2.83. The van der Waals surface area contributed by atoms with Crippen LogP contribution in [0, 0.1) is 6.92 Å². The quantitative estimate of drug-likeness (QED) is 0.613. The Labute approximate surface area is 118 Å². The molecule has 0 saturated carbocycles. The molecule has 1 aromatic rings. The van der Waals surface area contributed by atoms with E-state index in [0.717, 1.165) is 18.7 Å². The van der Waals surface area contributed by atoms with Crippen LogP contribution in [0.2, 0.25) is 0 Å². The molecule has 0 N–H and O–H groups in total. The second kappa shape index (κ2) is 5.49. The summed E-state index contributed by atoms with van der Waals surface area (Å²) in [5.41, 5.74) is 3.31. The molecule has 20 heavy (non-hydrogen) atoms.